The molecule has 1 aliphatic heterocycles. The average Bonchev–Trinajstić information content (AvgIpc) is 2.68. The molecule has 8 nitrogen and oxygen atoms in total. The molecule has 166 valence electrons. The molecule has 1 aromatic carbocycles. The summed E-state index contributed by atoms with van der Waals surface area (Å²) in [7, 11) is 0. The number of carboxylic acids is 1. The number of phenols is 1. The number of carbonyl (C=O) groups excluding carboxylic acids is 1. The lowest BCUT2D eigenvalue weighted by Gasteiger charge is -2.38. The molecule has 0 spiro atoms. The molecule has 1 heterocycles. The van der Waals surface area contributed by atoms with E-state index < -0.39 is 36.5 Å². The molecule has 1 saturated heterocycles. The second-order valence-electron chi connectivity index (χ2n) is 7.48. The largest absolute Gasteiger partial charge is 0.508 e. The molecule has 0 aromatic heterocycles. The Labute approximate surface area is 176 Å². The van der Waals surface area contributed by atoms with Crippen LogP contribution in [0.1, 0.15) is 56.3 Å². The van der Waals surface area contributed by atoms with Crippen molar-refractivity contribution in [3.8, 4) is 5.75 Å². The first kappa shape index (κ1) is 23.9. The molecule has 8 heteroatoms. The van der Waals surface area contributed by atoms with Gasteiger partial charge in [-0.3, -0.25) is 0 Å². The number of esters is 1. The molecular formula is C22H30O8. The van der Waals surface area contributed by atoms with Gasteiger partial charge in [0.15, 0.2) is 6.29 Å². The number of rotatable bonds is 10. The average molecular weight is 422 g/mol. The Bertz CT molecular complexity index is 714. The van der Waals surface area contributed by atoms with Crippen LogP contribution in [0.5, 0.6) is 5.75 Å². The number of aromatic hydroxyl groups is 1. The van der Waals surface area contributed by atoms with Crippen molar-refractivity contribution in [2.75, 3.05) is 0 Å². The van der Waals surface area contributed by atoms with Gasteiger partial charge in [0.25, 0.3) is 0 Å². The van der Waals surface area contributed by atoms with E-state index >= 15 is 0 Å². The standard InChI is InChI=1S/C22H30O8/c1-14(7-5-3-4-6-8-20(25)26)28-22-18(24)13-19(15(2)29-22)30-21(27)16-9-11-17(23)12-10-16/h6,8-12,14-15,18-19,22-24H,3-5,7,13H2,1-2H3,(H,25,26). The van der Waals surface area contributed by atoms with Crippen LogP contribution in [-0.2, 0) is 19.0 Å². The van der Waals surface area contributed by atoms with E-state index in [9.17, 15) is 19.8 Å². The summed E-state index contributed by atoms with van der Waals surface area (Å²) in [5.41, 5.74) is 0.305. The summed E-state index contributed by atoms with van der Waals surface area (Å²) in [4.78, 5) is 22.7. The van der Waals surface area contributed by atoms with Gasteiger partial charge in [-0.05, 0) is 57.4 Å². The Hall–Kier alpha value is -2.42. The molecule has 2 rings (SSSR count). The minimum Gasteiger partial charge on any atom is -0.508 e. The van der Waals surface area contributed by atoms with E-state index in [1.54, 1.807) is 13.0 Å². The molecule has 5 atom stereocenters. The molecule has 5 unspecified atom stereocenters. The second kappa shape index (κ2) is 11.7. The van der Waals surface area contributed by atoms with Crippen LogP contribution >= 0.6 is 0 Å². The van der Waals surface area contributed by atoms with Crippen LogP contribution < -0.4 is 0 Å². The second-order valence-corrected chi connectivity index (χ2v) is 7.48. The Morgan fingerprint density at radius 3 is 2.63 bits per heavy atom. The van der Waals surface area contributed by atoms with Crippen LogP contribution in [0.25, 0.3) is 0 Å². The van der Waals surface area contributed by atoms with Gasteiger partial charge in [0.05, 0.1) is 17.8 Å². The number of hydrogen-bond donors (Lipinski definition) is 3. The number of hydrogen-bond acceptors (Lipinski definition) is 7. The van der Waals surface area contributed by atoms with E-state index in [2.05, 4.69) is 0 Å². The maximum absolute atomic E-state index is 12.3. The fourth-order valence-corrected chi connectivity index (χ4v) is 3.18. The first-order valence-electron chi connectivity index (χ1n) is 10.1. The molecule has 0 aliphatic carbocycles. The van der Waals surface area contributed by atoms with Gasteiger partial charge < -0.3 is 29.5 Å². The van der Waals surface area contributed by atoms with Crippen molar-refractivity contribution in [1.82, 2.24) is 0 Å². The quantitative estimate of drug-likeness (QED) is 0.299. The Balaban J connectivity index is 1.75. The van der Waals surface area contributed by atoms with Crippen LogP contribution in [0.4, 0.5) is 0 Å². The summed E-state index contributed by atoms with van der Waals surface area (Å²) < 4.78 is 17.0. The molecule has 0 bridgehead atoms. The normalized spacial score (nSPS) is 25.2. The number of aliphatic hydroxyl groups excluding tert-OH is 1. The molecule has 30 heavy (non-hydrogen) atoms. The van der Waals surface area contributed by atoms with Gasteiger partial charge in [0.1, 0.15) is 18.0 Å². The van der Waals surface area contributed by atoms with Crippen molar-refractivity contribution in [2.45, 2.75) is 76.7 Å². The number of ether oxygens (including phenoxy) is 3. The van der Waals surface area contributed by atoms with E-state index in [4.69, 9.17) is 19.3 Å². The highest BCUT2D eigenvalue weighted by Crippen LogP contribution is 2.26. The molecule has 0 amide bonds. The lowest BCUT2D eigenvalue weighted by Crippen LogP contribution is -2.49. The van der Waals surface area contributed by atoms with Crippen molar-refractivity contribution < 1.29 is 39.1 Å². The maximum atomic E-state index is 12.3. The number of carboxylic acid groups (broad SMARTS) is 1. The molecular weight excluding hydrogens is 392 g/mol. The summed E-state index contributed by atoms with van der Waals surface area (Å²) in [5.74, 6) is -1.44. The van der Waals surface area contributed by atoms with Crippen LogP contribution in [0.2, 0.25) is 0 Å². The van der Waals surface area contributed by atoms with Crippen LogP contribution in [0.3, 0.4) is 0 Å². The summed E-state index contributed by atoms with van der Waals surface area (Å²) in [6.07, 6.45) is 3.16. The summed E-state index contributed by atoms with van der Waals surface area (Å²) in [5, 5.41) is 28.2. The smallest absolute Gasteiger partial charge is 0.338 e. The van der Waals surface area contributed by atoms with Crippen LogP contribution in [-0.4, -0.2) is 58.0 Å². The Morgan fingerprint density at radius 2 is 1.97 bits per heavy atom. The number of aliphatic carboxylic acids is 1. The van der Waals surface area contributed by atoms with Crippen LogP contribution in [0, 0.1) is 0 Å². The topological polar surface area (TPSA) is 123 Å². The number of carbonyl (C=O) groups is 2. The third kappa shape index (κ3) is 7.78. The highest BCUT2D eigenvalue weighted by molar-refractivity contribution is 5.89. The first-order chi connectivity index (χ1) is 14.3. The fraction of sp³-hybridized carbons (Fsp3) is 0.545. The summed E-state index contributed by atoms with van der Waals surface area (Å²) in [6.45, 7) is 3.65. The number of unbranched alkanes of at least 4 members (excludes halogenated alkanes) is 2. The first-order valence-corrected chi connectivity index (χ1v) is 10.1. The SMILES string of the molecule is CC(CCCCC=CC(=O)O)OC1OC(C)C(OC(=O)c2ccc(O)cc2)CC1O. The number of phenolic OH excluding ortho intramolecular Hbond substituents is 1. The zero-order valence-corrected chi connectivity index (χ0v) is 17.3. The molecule has 1 fully saturated rings. The van der Waals surface area contributed by atoms with Gasteiger partial charge in [-0.15, -0.1) is 0 Å². The number of benzene rings is 1. The highest BCUT2D eigenvalue weighted by atomic mass is 16.7. The van der Waals surface area contributed by atoms with E-state index in [1.807, 2.05) is 6.92 Å². The van der Waals surface area contributed by atoms with Gasteiger partial charge in [-0.1, -0.05) is 12.5 Å². The van der Waals surface area contributed by atoms with E-state index in [1.165, 1.54) is 24.3 Å². The van der Waals surface area contributed by atoms with E-state index in [0.29, 0.717) is 12.0 Å². The molecule has 3 N–H and O–H groups in total. The third-order valence-corrected chi connectivity index (χ3v) is 4.88. The highest BCUT2D eigenvalue weighted by Gasteiger charge is 2.38. The maximum Gasteiger partial charge on any atom is 0.338 e. The Kier molecular flexibility index (Phi) is 9.29. The van der Waals surface area contributed by atoms with Gasteiger partial charge in [-0.2, -0.15) is 0 Å². The van der Waals surface area contributed by atoms with E-state index in [-0.39, 0.29) is 18.3 Å². The zero-order chi connectivity index (χ0) is 22.1. The minimum absolute atomic E-state index is 0.0576. The molecule has 0 radical (unpaired) electrons. The van der Waals surface area contributed by atoms with Gasteiger partial charge in [0.2, 0.25) is 0 Å². The minimum atomic E-state index is -0.948. The van der Waals surface area contributed by atoms with E-state index in [0.717, 1.165) is 25.3 Å². The number of aliphatic hydroxyl groups is 1. The lowest BCUT2D eigenvalue weighted by molar-refractivity contribution is -0.273. The predicted molar refractivity (Wildman–Crippen MR) is 108 cm³/mol. The van der Waals surface area contributed by atoms with Gasteiger partial charge >= 0.3 is 11.9 Å². The van der Waals surface area contributed by atoms with Crippen molar-refractivity contribution in [3.63, 3.8) is 0 Å². The van der Waals surface area contributed by atoms with Crippen molar-refractivity contribution in [2.24, 2.45) is 0 Å². The van der Waals surface area contributed by atoms with Crippen LogP contribution in [0.15, 0.2) is 36.4 Å². The Morgan fingerprint density at radius 1 is 1.27 bits per heavy atom. The third-order valence-electron chi connectivity index (χ3n) is 4.88. The number of allylic oxidation sites excluding steroid dienone is 1. The summed E-state index contributed by atoms with van der Waals surface area (Å²) in [6, 6.07) is 5.74. The zero-order valence-electron chi connectivity index (χ0n) is 17.3. The molecule has 0 saturated carbocycles. The fourth-order valence-electron chi connectivity index (χ4n) is 3.18. The van der Waals surface area contributed by atoms with Crippen molar-refractivity contribution in [3.05, 3.63) is 42.0 Å². The molecule has 1 aliphatic rings. The van der Waals surface area contributed by atoms with Gasteiger partial charge in [0, 0.05) is 12.5 Å². The molecule has 1 aromatic rings. The predicted octanol–water partition coefficient (Wildman–Crippen LogP) is 3.02. The van der Waals surface area contributed by atoms with Gasteiger partial charge in [-0.25, -0.2) is 9.59 Å². The summed E-state index contributed by atoms with van der Waals surface area (Å²) >= 11 is 0. The lowest BCUT2D eigenvalue weighted by atomic mass is 10.0. The monoisotopic (exact) mass is 422 g/mol. The van der Waals surface area contributed by atoms with Crippen molar-refractivity contribution >= 4 is 11.9 Å². The van der Waals surface area contributed by atoms with Crippen molar-refractivity contribution in [1.29, 1.82) is 0 Å².